The van der Waals surface area contributed by atoms with Crippen LogP contribution in [0, 0.1) is 12.8 Å². The van der Waals surface area contributed by atoms with Crippen molar-refractivity contribution in [2.45, 2.75) is 26.9 Å². The zero-order valence-electron chi connectivity index (χ0n) is 9.06. The molecule has 1 aromatic rings. The fourth-order valence-corrected chi connectivity index (χ4v) is 0.960. The molecule has 0 bridgehead atoms. The molecule has 0 aliphatic rings. The Kier molecular flexibility index (Phi) is 3.74. The van der Waals surface area contributed by atoms with Crippen molar-refractivity contribution in [1.82, 2.24) is 9.97 Å². The highest BCUT2D eigenvalue weighted by molar-refractivity contribution is 5.93. The standard InChI is InChI=1S/C10H15N3O2/c1-6(2)9(14)10(15)13-8-5-11-7(3)4-12-8/h4-6,9,14H,1-3H3,(H,12,13,15). The van der Waals surface area contributed by atoms with Crippen molar-refractivity contribution in [2.75, 3.05) is 5.32 Å². The first-order chi connectivity index (χ1) is 7.00. The molecule has 5 heteroatoms. The predicted octanol–water partition coefficient (Wildman–Crippen LogP) is 0.740. The summed E-state index contributed by atoms with van der Waals surface area (Å²) in [5, 5.41) is 11.9. The zero-order valence-corrected chi connectivity index (χ0v) is 9.06. The molecule has 1 unspecified atom stereocenters. The van der Waals surface area contributed by atoms with Crippen molar-refractivity contribution in [3.05, 3.63) is 18.1 Å². The van der Waals surface area contributed by atoms with Crippen LogP contribution < -0.4 is 5.32 Å². The lowest BCUT2D eigenvalue weighted by Crippen LogP contribution is -2.32. The highest BCUT2D eigenvalue weighted by atomic mass is 16.3. The number of rotatable bonds is 3. The van der Waals surface area contributed by atoms with E-state index in [1.165, 1.54) is 6.20 Å². The summed E-state index contributed by atoms with van der Waals surface area (Å²) in [6, 6.07) is 0. The van der Waals surface area contributed by atoms with Gasteiger partial charge in [0.25, 0.3) is 5.91 Å². The average molecular weight is 209 g/mol. The number of hydrogen-bond donors (Lipinski definition) is 2. The molecular weight excluding hydrogens is 194 g/mol. The van der Waals surface area contributed by atoms with Crippen molar-refractivity contribution >= 4 is 11.7 Å². The Balaban J connectivity index is 2.62. The Labute approximate surface area is 88.6 Å². The third-order valence-electron chi connectivity index (χ3n) is 1.93. The van der Waals surface area contributed by atoms with Gasteiger partial charge in [-0.1, -0.05) is 13.8 Å². The molecule has 0 aliphatic carbocycles. The number of aliphatic hydroxyl groups excluding tert-OH is 1. The SMILES string of the molecule is Cc1cnc(NC(=O)C(O)C(C)C)cn1. The van der Waals surface area contributed by atoms with Gasteiger partial charge in [-0.15, -0.1) is 0 Å². The monoisotopic (exact) mass is 209 g/mol. The third kappa shape index (κ3) is 3.28. The van der Waals surface area contributed by atoms with Crippen LogP contribution in [0.2, 0.25) is 0 Å². The van der Waals surface area contributed by atoms with E-state index in [2.05, 4.69) is 15.3 Å². The number of amides is 1. The van der Waals surface area contributed by atoms with Crippen molar-refractivity contribution in [3.8, 4) is 0 Å². The number of nitrogens with zero attached hydrogens (tertiary/aromatic N) is 2. The number of hydrogen-bond acceptors (Lipinski definition) is 4. The van der Waals surface area contributed by atoms with Gasteiger partial charge in [0.2, 0.25) is 0 Å². The molecule has 15 heavy (non-hydrogen) atoms. The van der Waals surface area contributed by atoms with E-state index in [4.69, 9.17) is 0 Å². The van der Waals surface area contributed by atoms with Gasteiger partial charge in [0.15, 0.2) is 5.82 Å². The van der Waals surface area contributed by atoms with Gasteiger partial charge < -0.3 is 10.4 Å². The molecule has 0 fully saturated rings. The maximum Gasteiger partial charge on any atom is 0.254 e. The van der Waals surface area contributed by atoms with Crippen LogP contribution >= 0.6 is 0 Å². The van der Waals surface area contributed by atoms with Gasteiger partial charge in [-0.2, -0.15) is 0 Å². The highest BCUT2D eigenvalue weighted by Crippen LogP contribution is 2.05. The van der Waals surface area contributed by atoms with Crippen LogP contribution in [0.25, 0.3) is 0 Å². The van der Waals surface area contributed by atoms with Crippen LogP contribution in [0.5, 0.6) is 0 Å². The van der Waals surface area contributed by atoms with E-state index in [9.17, 15) is 9.90 Å². The molecule has 2 N–H and O–H groups in total. The second kappa shape index (κ2) is 4.84. The Morgan fingerprint density at radius 2 is 2.07 bits per heavy atom. The van der Waals surface area contributed by atoms with Gasteiger partial charge >= 0.3 is 0 Å². The van der Waals surface area contributed by atoms with Crippen molar-refractivity contribution in [2.24, 2.45) is 5.92 Å². The summed E-state index contributed by atoms with van der Waals surface area (Å²) in [6.45, 7) is 5.34. The Hall–Kier alpha value is -1.49. The maximum atomic E-state index is 11.4. The largest absolute Gasteiger partial charge is 0.383 e. The van der Waals surface area contributed by atoms with E-state index in [0.29, 0.717) is 5.82 Å². The fourth-order valence-electron chi connectivity index (χ4n) is 0.960. The summed E-state index contributed by atoms with van der Waals surface area (Å²) in [5.41, 5.74) is 0.775. The quantitative estimate of drug-likeness (QED) is 0.770. The molecule has 0 radical (unpaired) electrons. The highest BCUT2D eigenvalue weighted by Gasteiger charge is 2.18. The molecule has 1 amide bonds. The molecule has 1 atom stereocenters. The minimum absolute atomic E-state index is 0.122. The second-order valence-corrected chi connectivity index (χ2v) is 3.72. The predicted molar refractivity (Wildman–Crippen MR) is 56.2 cm³/mol. The third-order valence-corrected chi connectivity index (χ3v) is 1.93. The lowest BCUT2D eigenvalue weighted by molar-refractivity contribution is -0.125. The van der Waals surface area contributed by atoms with Crippen molar-refractivity contribution < 1.29 is 9.90 Å². The normalized spacial score (nSPS) is 12.6. The van der Waals surface area contributed by atoms with E-state index in [1.54, 1.807) is 20.0 Å². The van der Waals surface area contributed by atoms with Crippen LogP contribution in [-0.2, 0) is 4.79 Å². The zero-order chi connectivity index (χ0) is 11.4. The first kappa shape index (κ1) is 11.6. The van der Waals surface area contributed by atoms with Crippen LogP contribution in [0.1, 0.15) is 19.5 Å². The molecule has 1 rings (SSSR count). The van der Waals surface area contributed by atoms with E-state index < -0.39 is 12.0 Å². The summed E-state index contributed by atoms with van der Waals surface area (Å²) in [5.74, 6) is -0.225. The summed E-state index contributed by atoms with van der Waals surface area (Å²) < 4.78 is 0. The fraction of sp³-hybridized carbons (Fsp3) is 0.500. The van der Waals surface area contributed by atoms with E-state index in [-0.39, 0.29) is 5.92 Å². The van der Waals surface area contributed by atoms with Crippen molar-refractivity contribution in [3.63, 3.8) is 0 Å². The molecule has 5 nitrogen and oxygen atoms in total. The first-order valence-corrected chi connectivity index (χ1v) is 4.78. The summed E-state index contributed by atoms with van der Waals surface area (Å²) in [7, 11) is 0. The Morgan fingerprint density at radius 1 is 1.40 bits per heavy atom. The van der Waals surface area contributed by atoms with Gasteiger partial charge in [-0.05, 0) is 12.8 Å². The van der Waals surface area contributed by atoms with Crippen LogP contribution in [0.15, 0.2) is 12.4 Å². The van der Waals surface area contributed by atoms with E-state index in [1.807, 2.05) is 6.92 Å². The maximum absolute atomic E-state index is 11.4. The molecule has 82 valence electrons. The molecule has 0 spiro atoms. The number of carbonyl (C=O) groups excluding carboxylic acids is 1. The molecule has 0 aliphatic heterocycles. The molecule has 1 heterocycles. The number of aryl methyl sites for hydroxylation is 1. The minimum atomic E-state index is -1.02. The lowest BCUT2D eigenvalue weighted by atomic mass is 10.1. The van der Waals surface area contributed by atoms with Gasteiger partial charge in [0, 0.05) is 0 Å². The summed E-state index contributed by atoms with van der Waals surface area (Å²) >= 11 is 0. The smallest absolute Gasteiger partial charge is 0.254 e. The van der Waals surface area contributed by atoms with Gasteiger partial charge in [0.05, 0.1) is 18.1 Å². The van der Waals surface area contributed by atoms with Crippen molar-refractivity contribution in [1.29, 1.82) is 0 Å². The Bertz CT molecular complexity index is 335. The first-order valence-electron chi connectivity index (χ1n) is 4.78. The van der Waals surface area contributed by atoms with Gasteiger partial charge in [-0.25, -0.2) is 4.98 Å². The van der Waals surface area contributed by atoms with Crippen LogP contribution in [0.4, 0.5) is 5.82 Å². The summed E-state index contributed by atoms with van der Waals surface area (Å²) in [4.78, 5) is 19.3. The lowest BCUT2D eigenvalue weighted by Gasteiger charge is -2.13. The molecule has 0 saturated heterocycles. The van der Waals surface area contributed by atoms with Crippen LogP contribution in [0.3, 0.4) is 0 Å². The number of nitrogens with one attached hydrogen (secondary N) is 1. The Morgan fingerprint density at radius 3 is 2.53 bits per heavy atom. The summed E-state index contributed by atoms with van der Waals surface area (Å²) in [6.07, 6.45) is 1.99. The van der Waals surface area contributed by atoms with Gasteiger partial charge in [-0.3, -0.25) is 9.78 Å². The topological polar surface area (TPSA) is 75.1 Å². The van der Waals surface area contributed by atoms with E-state index in [0.717, 1.165) is 5.69 Å². The van der Waals surface area contributed by atoms with Crippen LogP contribution in [-0.4, -0.2) is 27.1 Å². The number of carbonyl (C=O) groups is 1. The molecule has 0 saturated carbocycles. The number of aromatic nitrogens is 2. The average Bonchev–Trinajstić information content (AvgIpc) is 2.20. The molecular formula is C10H15N3O2. The molecule has 1 aromatic heterocycles. The van der Waals surface area contributed by atoms with Gasteiger partial charge in [0.1, 0.15) is 6.10 Å². The number of aliphatic hydroxyl groups is 1. The van der Waals surface area contributed by atoms with E-state index >= 15 is 0 Å². The molecule has 0 aromatic carbocycles. The second-order valence-electron chi connectivity index (χ2n) is 3.72. The minimum Gasteiger partial charge on any atom is -0.383 e. The number of anilines is 1.